The first-order valence-corrected chi connectivity index (χ1v) is 8.21. The maximum Gasteiger partial charge on any atom is 0.152 e. The Hall–Kier alpha value is -1.04. The molecule has 2 atom stereocenters. The Morgan fingerprint density at radius 3 is 2.58 bits per heavy atom. The van der Waals surface area contributed by atoms with E-state index in [9.17, 15) is 8.42 Å². The van der Waals surface area contributed by atoms with Gasteiger partial charge in [0.2, 0.25) is 0 Å². The average Bonchev–Trinajstić information content (AvgIpc) is 2.71. The van der Waals surface area contributed by atoms with Gasteiger partial charge < -0.3 is 9.73 Å². The van der Waals surface area contributed by atoms with Gasteiger partial charge in [-0.3, -0.25) is 0 Å². The highest BCUT2D eigenvalue weighted by atomic mass is 35.5. The fourth-order valence-corrected chi connectivity index (χ4v) is 2.99. The maximum atomic E-state index is 11.7. The number of sulfone groups is 1. The molecular formula is C13H16ClNO3S. The first-order valence-electron chi connectivity index (χ1n) is 5.88. The van der Waals surface area contributed by atoms with Crippen LogP contribution in [0.3, 0.4) is 0 Å². The molecule has 1 N–H and O–H groups in total. The lowest BCUT2D eigenvalue weighted by Gasteiger charge is -2.19. The van der Waals surface area contributed by atoms with Crippen LogP contribution in [0.4, 0.5) is 0 Å². The van der Waals surface area contributed by atoms with E-state index in [1.54, 1.807) is 32.2 Å². The Bertz CT molecular complexity index is 693. The van der Waals surface area contributed by atoms with Gasteiger partial charge in [-0.05, 0) is 38.2 Å². The Kier molecular flexibility index (Phi) is 3.90. The Morgan fingerprint density at radius 2 is 2.00 bits per heavy atom. The van der Waals surface area contributed by atoms with E-state index in [2.05, 4.69) is 5.32 Å². The van der Waals surface area contributed by atoms with E-state index < -0.39 is 15.1 Å². The Morgan fingerprint density at radius 1 is 1.32 bits per heavy atom. The molecule has 4 nitrogen and oxygen atoms in total. The highest BCUT2D eigenvalue weighted by Crippen LogP contribution is 2.29. The summed E-state index contributed by atoms with van der Waals surface area (Å²) >= 11 is 5.92. The van der Waals surface area contributed by atoms with Gasteiger partial charge in [0.1, 0.15) is 11.3 Å². The number of furan rings is 1. The van der Waals surface area contributed by atoms with Crippen LogP contribution in [0.15, 0.2) is 28.7 Å². The fourth-order valence-electron chi connectivity index (χ4n) is 2.04. The van der Waals surface area contributed by atoms with E-state index in [1.165, 1.54) is 6.26 Å². The second-order valence-corrected chi connectivity index (χ2v) is 7.47. The van der Waals surface area contributed by atoms with E-state index in [0.29, 0.717) is 16.4 Å². The predicted octanol–water partition coefficient (Wildman–Crippen LogP) is 2.78. The third kappa shape index (κ3) is 2.94. The lowest BCUT2D eigenvalue weighted by molar-refractivity contribution is 0.439. The van der Waals surface area contributed by atoms with Gasteiger partial charge in [0.25, 0.3) is 0 Å². The van der Waals surface area contributed by atoms with Crippen LogP contribution < -0.4 is 5.32 Å². The molecule has 19 heavy (non-hydrogen) atoms. The smallest absolute Gasteiger partial charge is 0.152 e. The quantitative estimate of drug-likeness (QED) is 0.943. The summed E-state index contributed by atoms with van der Waals surface area (Å²) in [5.41, 5.74) is 0.695. The molecule has 1 heterocycles. The normalized spacial score (nSPS) is 15.6. The molecule has 0 saturated carbocycles. The third-order valence-corrected chi connectivity index (χ3v) is 5.12. The zero-order chi connectivity index (χ0) is 14.2. The van der Waals surface area contributed by atoms with Crippen LogP contribution in [0.1, 0.15) is 18.7 Å². The molecule has 0 spiro atoms. The number of halogens is 1. The maximum absolute atomic E-state index is 11.7. The van der Waals surface area contributed by atoms with Crippen LogP contribution >= 0.6 is 11.6 Å². The number of hydrogen-bond donors (Lipinski definition) is 1. The van der Waals surface area contributed by atoms with Crippen molar-refractivity contribution in [2.24, 2.45) is 0 Å². The molecule has 0 aliphatic heterocycles. The van der Waals surface area contributed by atoms with Crippen LogP contribution in [0.2, 0.25) is 5.02 Å². The van der Waals surface area contributed by atoms with Crippen molar-refractivity contribution in [3.05, 3.63) is 35.0 Å². The largest absolute Gasteiger partial charge is 0.459 e. The first-order chi connectivity index (χ1) is 8.82. The van der Waals surface area contributed by atoms with Gasteiger partial charge >= 0.3 is 0 Å². The van der Waals surface area contributed by atoms with Gasteiger partial charge in [-0.2, -0.15) is 0 Å². The number of hydrogen-bond acceptors (Lipinski definition) is 4. The van der Waals surface area contributed by atoms with E-state index in [0.717, 1.165) is 5.39 Å². The molecule has 1 aromatic heterocycles. The van der Waals surface area contributed by atoms with Crippen molar-refractivity contribution in [1.29, 1.82) is 0 Å². The Labute approximate surface area is 117 Å². The molecule has 1 aromatic carbocycles. The van der Waals surface area contributed by atoms with Gasteiger partial charge in [0.15, 0.2) is 9.84 Å². The molecule has 0 aliphatic carbocycles. The molecule has 2 rings (SSSR count). The minimum Gasteiger partial charge on any atom is -0.459 e. The van der Waals surface area contributed by atoms with Crippen LogP contribution in [0, 0.1) is 0 Å². The van der Waals surface area contributed by atoms with Crippen molar-refractivity contribution in [3.63, 3.8) is 0 Å². The zero-order valence-electron chi connectivity index (χ0n) is 11.0. The molecule has 0 saturated heterocycles. The summed E-state index contributed by atoms with van der Waals surface area (Å²) in [6.07, 6.45) is 1.22. The number of fused-ring (bicyclic) bond motifs is 1. The van der Waals surface area contributed by atoms with Crippen molar-refractivity contribution in [2.75, 3.05) is 13.3 Å². The topological polar surface area (TPSA) is 59.3 Å². The van der Waals surface area contributed by atoms with E-state index in [4.69, 9.17) is 16.0 Å². The highest BCUT2D eigenvalue weighted by molar-refractivity contribution is 7.91. The lowest BCUT2D eigenvalue weighted by Crippen LogP contribution is -2.32. The standard InChI is InChI=1S/C13H16ClNO3S/c1-8(19(3,16)17)13(15-2)12-7-9-6-10(14)4-5-11(9)18-12/h4-8,13,15H,1-3H3. The van der Waals surface area contributed by atoms with Crippen molar-refractivity contribution >= 4 is 32.4 Å². The summed E-state index contributed by atoms with van der Waals surface area (Å²) in [7, 11) is -1.44. The summed E-state index contributed by atoms with van der Waals surface area (Å²) in [5, 5.41) is 3.91. The van der Waals surface area contributed by atoms with Crippen LogP contribution in [0.25, 0.3) is 11.0 Å². The van der Waals surface area contributed by atoms with E-state index in [-0.39, 0.29) is 6.04 Å². The van der Waals surface area contributed by atoms with Crippen molar-refractivity contribution in [3.8, 4) is 0 Å². The summed E-state index contributed by atoms with van der Waals surface area (Å²) in [6.45, 7) is 1.66. The lowest BCUT2D eigenvalue weighted by atomic mass is 10.1. The summed E-state index contributed by atoms with van der Waals surface area (Å²) in [5.74, 6) is 0.595. The fraction of sp³-hybridized carbons (Fsp3) is 0.385. The second-order valence-electron chi connectivity index (χ2n) is 4.63. The van der Waals surface area contributed by atoms with Gasteiger partial charge in [-0.15, -0.1) is 0 Å². The molecule has 2 aromatic rings. The molecule has 0 aliphatic rings. The summed E-state index contributed by atoms with van der Waals surface area (Å²) in [4.78, 5) is 0. The molecule has 0 fully saturated rings. The molecule has 0 amide bonds. The van der Waals surface area contributed by atoms with Crippen LogP contribution in [-0.4, -0.2) is 27.0 Å². The van der Waals surface area contributed by atoms with Crippen molar-refractivity contribution < 1.29 is 12.8 Å². The van der Waals surface area contributed by atoms with Crippen molar-refractivity contribution in [2.45, 2.75) is 18.2 Å². The monoisotopic (exact) mass is 301 g/mol. The molecule has 0 bridgehead atoms. The summed E-state index contributed by atoms with van der Waals surface area (Å²) < 4.78 is 29.0. The molecule has 0 radical (unpaired) electrons. The van der Waals surface area contributed by atoms with E-state index in [1.807, 2.05) is 6.07 Å². The zero-order valence-corrected chi connectivity index (χ0v) is 12.5. The number of benzene rings is 1. The SMILES string of the molecule is CNC(c1cc2cc(Cl)ccc2o1)C(C)S(C)(=O)=O. The first kappa shape index (κ1) is 14.4. The number of nitrogens with one attached hydrogen (secondary N) is 1. The average molecular weight is 302 g/mol. The summed E-state index contributed by atoms with van der Waals surface area (Å²) in [6, 6.07) is 6.75. The Balaban J connectivity index is 2.47. The minimum atomic E-state index is -3.16. The van der Waals surface area contributed by atoms with Gasteiger partial charge in [-0.1, -0.05) is 11.6 Å². The molecule has 2 unspecified atom stereocenters. The van der Waals surface area contributed by atoms with Gasteiger partial charge in [0.05, 0.1) is 11.3 Å². The van der Waals surface area contributed by atoms with Crippen molar-refractivity contribution in [1.82, 2.24) is 5.32 Å². The third-order valence-electron chi connectivity index (χ3n) is 3.26. The van der Waals surface area contributed by atoms with Gasteiger partial charge in [0, 0.05) is 16.7 Å². The highest BCUT2D eigenvalue weighted by Gasteiger charge is 2.28. The van der Waals surface area contributed by atoms with Crippen LogP contribution in [0.5, 0.6) is 0 Å². The minimum absolute atomic E-state index is 0.388. The molecule has 104 valence electrons. The van der Waals surface area contributed by atoms with E-state index >= 15 is 0 Å². The predicted molar refractivity (Wildman–Crippen MR) is 77.3 cm³/mol. The molecule has 6 heteroatoms. The second kappa shape index (κ2) is 5.15. The molecular weight excluding hydrogens is 286 g/mol. The van der Waals surface area contributed by atoms with Crippen LogP contribution in [-0.2, 0) is 9.84 Å². The number of rotatable bonds is 4. The van der Waals surface area contributed by atoms with Gasteiger partial charge in [-0.25, -0.2) is 8.42 Å².